The van der Waals surface area contributed by atoms with Gasteiger partial charge in [0.05, 0.1) is 24.6 Å². The number of amides is 4. The highest BCUT2D eigenvalue weighted by atomic mass is 16.3. The van der Waals surface area contributed by atoms with Crippen LogP contribution in [0.15, 0.2) is 30.3 Å². The number of carbonyl (C=O) groups is 4. The second-order valence-corrected chi connectivity index (χ2v) is 14.8. The monoisotopic (exact) mass is 659 g/mol. The van der Waals surface area contributed by atoms with Crippen molar-refractivity contribution >= 4 is 23.6 Å². The summed E-state index contributed by atoms with van der Waals surface area (Å²) < 4.78 is 0. The first-order valence-corrected chi connectivity index (χ1v) is 17.7. The molecule has 6 atom stereocenters. The predicted octanol–water partition coefficient (Wildman–Crippen LogP) is 4.31. The minimum absolute atomic E-state index is 0.000328. The summed E-state index contributed by atoms with van der Waals surface area (Å²) in [4.78, 5) is 52.4. The Labute approximate surface area is 284 Å². The highest BCUT2D eigenvalue weighted by Gasteiger charge is 2.31. The fourth-order valence-corrected chi connectivity index (χ4v) is 5.49. The molecule has 47 heavy (non-hydrogen) atoms. The van der Waals surface area contributed by atoms with Gasteiger partial charge in [0.1, 0.15) is 6.04 Å². The maximum Gasteiger partial charge on any atom is 0.242 e. The summed E-state index contributed by atoms with van der Waals surface area (Å²) in [5, 5.41) is 26.5. The molecule has 0 aliphatic carbocycles. The van der Waals surface area contributed by atoms with E-state index in [1.807, 2.05) is 85.7 Å². The molecule has 6 N–H and O–H groups in total. The smallest absolute Gasteiger partial charge is 0.242 e. The molecular weight excluding hydrogens is 594 g/mol. The van der Waals surface area contributed by atoms with Crippen LogP contribution < -0.4 is 26.6 Å². The third-order valence-corrected chi connectivity index (χ3v) is 8.36. The van der Waals surface area contributed by atoms with Crippen LogP contribution >= 0.6 is 0 Å². The second-order valence-electron chi connectivity index (χ2n) is 14.8. The van der Waals surface area contributed by atoms with Crippen molar-refractivity contribution in [1.29, 1.82) is 0 Å². The van der Waals surface area contributed by atoms with Crippen molar-refractivity contribution in [2.45, 2.75) is 138 Å². The number of hydrogen-bond acceptors (Lipinski definition) is 6. The highest BCUT2D eigenvalue weighted by Crippen LogP contribution is 2.15. The summed E-state index contributed by atoms with van der Waals surface area (Å²) in [6.45, 7) is 20.8. The van der Waals surface area contributed by atoms with E-state index < -0.39 is 30.1 Å². The van der Waals surface area contributed by atoms with Crippen LogP contribution in [0, 0.1) is 29.6 Å². The molecule has 10 heteroatoms. The molecule has 1 aromatic carbocycles. The van der Waals surface area contributed by atoms with Crippen molar-refractivity contribution in [2.24, 2.45) is 29.6 Å². The predicted molar refractivity (Wildman–Crippen MR) is 189 cm³/mol. The third-order valence-electron chi connectivity index (χ3n) is 8.36. The Morgan fingerprint density at radius 2 is 1.30 bits per heavy atom. The van der Waals surface area contributed by atoms with Crippen molar-refractivity contribution in [3.63, 3.8) is 0 Å². The molecule has 0 aliphatic heterocycles. The number of aliphatic hydroxyl groups excluding tert-OH is 1. The summed E-state index contributed by atoms with van der Waals surface area (Å²) in [6, 6.07) is 7.45. The first-order chi connectivity index (χ1) is 22.0. The molecule has 0 bridgehead atoms. The molecule has 0 aromatic heterocycles. The fourth-order valence-electron chi connectivity index (χ4n) is 5.49. The van der Waals surface area contributed by atoms with E-state index in [1.54, 1.807) is 0 Å². The van der Waals surface area contributed by atoms with Crippen LogP contribution in [0.5, 0.6) is 0 Å². The molecule has 268 valence electrons. The normalized spacial score (nSPS) is 15.6. The van der Waals surface area contributed by atoms with Gasteiger partial charge in [0.2, 0.25) is 23.6 Å². The van der Waals surface area contributed by atoms with Crippen LogP contribution in [0.2, 0.25) is 0 Å². The van der Waals surface area contributed by atoms with Crippen molar-refractivity contribution in [3.8, 4) is 0 Å². The van der Waals surface area contributed by atoms with Crippen LogP contribution in [-0.2, 0) is 25.7 Å². The number of nitrogens with one attached hydrogen (secondary N) is 5. The summed E-state index contributed by atoms with van der Waals surface area (Å²) in [5.74, 6) is -0.295. The lowest BCUT2D eigenvalue weighted by molar-refractivity contribution is -0.131. The van der Waals surface area contributed by atoms with Gasteiger partial charge in [-0.3, -0.25) is 19.2 Å². The molecule has 10 nitrogen and oxygen atoms in total. The first kappa shape index (κ1) is 42.0. The van der Waals surface area contributed by atoms with E-state index in [-0.39, 0.29) is 59.8 Å². The van der Waals surface area contributed by atoms with Gasteiger partial charge in [0.15, 0.2) is 0 Å². The van der Waals surface area contributed by atoms with Gasteiger partial charge >= 0.3 is 0 Å². The van der Waals surface area contributed by atoms with E-state index >= 15 is 0 Å². The maximum atomic E-state index is 13.6. The van der Waals surface area contributed by atoms with Crippen LogP contribution in [-0.4, -0.2) is 65.6 Å². The van der Waals surface area contributed by atoms with Crippen LogP contribution in [0.4, 0.5) is 0 Å². The second kappa shape index (κ2) is 21.8. The number of hydrogen-bond donors (Lipinski definition) is 6. The standard InChI is InChI=1S/C37H65N5O5/c1-11-27(10)31(41-33(44)19-25(6)7)22-38-35(26(8)9)37(47)42-29(17-23(2)3)32(43)20-34(45)40-30(18-24(4)5)36(46)39-21-28-15-13-12-14-16-28/h12-16,23-27,29-32,35,38,43H,11,17-22H2,1-10H3,(H,39,46)(H,40,45)(H,41,44)(H,42,47). The molecule has 0 radical (unpaired) electrons. The molecule has 0 aliphatic rings. The lowest BCUT2D eigenvalue weighted by atomic mass is 9.94. The Bertz CT molecular complexity index is 1080. The van der Waals surface area contributed by atoms with Crippen molar-refractivity contribution in [2.75, 3.05) is 6.54 Å². The van der Waals surface area contributed by atoms with Gasteiger partial charge in [-0.15, -0.1) is 0 Å². The van der Waals surface area contributed by atoms with Gasteiger partial charge in [0.25, 0.3) is 0 Å². The summed E-state index contributed by atoms with van der Waals surface area (Å²) in [6.07, 6.45) is 0.842. The lowest BCUT2D eigenvalue weighted by Gasteiger charge is -2.31. The van der Waals surface area contributed by atoms with Crippen LogP contribution in [0.25, 0.3) is 0 Å². The Hall–Kier alpha value is -2.98. The minimum Gasteiger partial charge on any atom is -0.390 e. The molecule has 0 spiro atoms. The molecule has 0 saturated heterocycles. The number of rotatable bonds is 22. The molecular formula is C37H65N5O5. The highest BCUT2D eigenvalue weighted by molar-refractivity contribution is 5.88. The zero-order valence-electron chi connectivity index (χ0n) is 30.7. The zero-order chi connectivity index (χ0) is 35.7. The Morgan fingerprint density at radius 1 is 0.702 bits per heavy atom. The molecule has 0 fully saturated rings. The molecule has 1 aromatic rings. The van der Waals surface area contributed by atoms with Crippen molar-refractivity contribution in [1.82, 2.24) is 26.6 Å². The minimum atomic E-state index is -1.15. The van der Waals surface area contributed by atoms with Gasteiger partial charge in [-0.25, -0.2) is 0 Å². The Morgan fingerprint density at radius 3 is 1.83 bits per heavy atom. The number of aliphatic hydroxyl groups is 1. The Balaban J connectivity index is 2.94. The molecule has 4 amide bonds. The largest absolute Gasteiger partial charge is 0.390 e. The van der Waals surface area contributed by atoms with E-state index in [0.29, 0.717) is 32.4 Å². The number of carbonyl (C=O) groups excluding carboxylic acids is 4. The molecule has 0 heterocycles. The van der Waals surface area contributed by atoms with Gasteiger partial charge in [-0.05, 0) is 48.0 Å². The van der Waals surface area contributed by atoms with E-state index in [2.05, 4.69) is 40.4 Å². The average molecular weight is 660 g/mol. The summed E-state index contributed by atoms with van der Waals surface area (Å²) in [7, 11) is 0. The van der Waals surface area contributed by atoms with Gasteiger partial charge in [-0.1, -0.05) is 106 Å². The maximum absolute atomic E-state index is 13.6. The van der Waals surface area contributed by atoms with Crippen LogP contribution in [0.3, 0.4) is 0 Å². The lowest BCUT2D eigenvalue weighted by Crippen LogP contribution is -2.57. The van der Waals surface area contributed by atoms with Gasteiger partial charge in [0, 0.05) is 25.6 Å². The quantitative estimate of drug-likeness (QED) is 0.109. The summed E-state index contributed by atoms with van der Waals surface area (Å²) >= 11 is 0. The number of benzene rings is 1. The van der Waals surface area contributed by atoms with Crippen LogP contribution in [0.1, 0.15) is 107 Å². The topological polar surface area (TPSA) is 149 Å². The van der Waals surface area contributed by atoms with Gasteiger partial charge < -0.3 is 31.7 Å². The molecule has 6 unspecified atom stereocenters. The van der Waals surface area contributed by atoms with Crippen molar-refractivity contribution < 1.29 is 24.3 Å². The van der Waals surface area contributed by atoms with E-state index in [4.69, 9.17) is 0 Å². The van der Waals surface area contributed by atoms with E-state index in [1.165, 1.54) is 0 Å². The molecule has 1 rings (SSSR count). The molecule has 0 saturated carbocycles. The van der Waals surface area contributed by atoms with Crippen molar-refractivity contribution in [3.05, 3.63) is 35.9 Å². The Kier molecular flexibility index (Phi) is 19.5. The van der Waals surface area contributed by atoms with E-state index in [9.17, 15) is 24.3 Å². The van der Waals surface area contributed by atoms with Gasteiger partial charge in [-0.2, -0.15) is 0 Å². The average Bonchev–Trinajstić information content (AvgIpc) is 2.97. The third kappa shape index (κ3) is 17.1. The fraction of sp³-hybridized carbons (Fsp3) is 0.730. The summed E-state index contributed by atoms with van der Waals surface area (Å²) in [5.41, 5.74) is 0.957. The zero-order valence-corrected chi connectivity index (χ0v) is 30.7. The SMILES string of the molecule is CCC(C)C(CNC(C(=O)NC(CC(C)C)C(O)CC(=O)NC(CC(C)C)C(=O)NCc1ccccc1)C(C)C)NC(=O)CC(C)C. The van der Waals surface area contributed by atoms with E-state index in [0.717, 1.165) is 12.0 Å². The first-order valence-electron chi connectivity index (χ1n) is 17.7.